The Kier molecular flexibility index (Phi) is 4.83. The first-order valence-electron chi connectivity index (χ1n) is 10.4. The Labute approximate surface area is 174 Å². The summed E-state index contributed by atoms with van der Waals surface area (Å²) >= 11 is 0. The number of aryl methyl sites for hydroxylation is 1. The molecule has 6 nitrogen and oxygen atoms in total. The summed E-state index contributed by atoms with van der Waals surface area (Å²) in [5.74, 6) is 0.973. The van der Waals surface area contributed by atoms with Crippen LogP contribution in [0.1, 0.15) is 24.0 Å². The standard InChI is InChI=1S/C24H24N4O2/c1-16-6-8-17(9-7-16)14-25-24(29)18-10-12-28(13-11-18)23-22-21(26-15-27-23)19-4-2-3-5-20(19)30-22/h2-9,15,18H,10-14H2,1H3,(H,25,29). The van der Waals surface area contributed by atoms with Crippen molar-refractivity contribution in [1.29, 1.82) is 0 Å². The van der Waals surface area contributed by atoms with Crippen LogP contribution in [0, 0.1) is 12.8 Å². The number of nitrogens with zero attached hydrogens (tertiary/aromatic N) is 3. The summed E-state index contributed by atoms with van der Waals surface area (Å²) in [6.45, 7) is 4.18. The highest BCUT2D eigenvalue weighted by Gasteiger charge is 2.27. The zero-order valence-corrected chi connectivity index (χ0v) is 17.0. The van der Waals surface area contributed by atoms with Gasteiger partial charge in [-0.3, -0.25) is 4.79 Å². The number of amides is 1. The van der Waals surface area contributed by atoms with Crippen LogP contribution in [0.3, 0.4) is 0 Å². The SMILES string of the molecule is Cc1ccc(CNC(=O)C2CCN(c3ncnc4c3oc3ccccc34)CC2)cc1. The molecule has 3 heterocycles. The molecule has 30 heavy (non-hydrogen) atoms. The van der Waals surface area contributed by atoms with E-state index < -0.39 is 0 Å². The van der Waals surface area contributed by atoms with Crippen LogP contribution < -0.4 is 10.2 Å². The van der Waals surface area contributed by atoms with Gasteiger partial charge in [-0.25, -0.2) is 9.97 Å². The minimum Gasteiger partial charge on any atom is -0.450 e. The zero-order chi connectivity index (χ0) is 20.5. The number of carbonyl (C=O) groups excluding carboxylic acids is 1. The van der Waals surface area contributed by atoms with Crippen molar-refractivity contribution in [2.45, 2.75) is 26.3 Å². The number of piperidine rings is 1. The lowest BCUT2D eigenvalue weighted by Gasteiger charge is -2.31. The van der Waals surface area contributed by atoms with Gasteiger partial charge in [0.1, 0.15) is 17.4 Å². The Morgan fingerprint density at radius 2 is 1.87 bits per heavy atom. The van der Waals surface area contributed by atoms with E-state index in [1.807, 2.05) is 24.3 Å². The highest BCUT2D eigenvalue weighted by Crippen LogP contribution is 2.33. The normalized spacial score (nSPS) is 15.0. The van der Waals surface area contributed by atoms with Crippen LogP contribution in [0.15, 0.2) is 59.3 Å². The summed E-state index contributed by atoms with van der Waals surface area (Å²) in [4.78, 5) is 23.8. The molecule has 2 aromatic carbocycles. The van der Waals surface area contributed by atoms with E-state index in [-0.39, 0.29) is 11.8 Å². The third-order valence-corrected chi connectivity index (χ3v) is 5.89. The van der Waals surface area contributed by atoms with Crippen molar-refractivity contribution in [2.24, 2.45) is 5.92 Å². The molecule has 0 radical (unpaired) electrons. The van der Waals surface area contributed by atoms with Crippen molar-refractivity contribution in [1.82, 2.24) is 15.3 Å². The third kappa shape index (κ3) is 3.49. The molecule has 4 aromatic rings. The summed E-state index contributed by atoms with van der Waals surface area (Å²) in [5, 5.41) is 4.09. The molecule has 1 N–H and O–H groups in total. The van der Waals surface area contributed by atoms with E-state index in [2.05, 4.69) is 51.4 Å². The number of nitrogens with one attached hydrogen (secondary N) is 1. The topological polar surface area (TPSA) is 71.3 Å². The molecule has 1 aliphatic heterocycles. The first kappa shape index (κ1) is 18.6. The molecule has 5 rings (SSSR count). The van der Waals surface area contributed by atoms with E-state index in [1.54, 1.807) is 6.33 Å². The molecule has 1 saturated heterocycles. The van der Waals surface area contributed by atoms with Gasteiger partial charge in [0.25, 0.3) is 0 Å². The maximum atomic E-state index is 12.6. The van der Waals surface area contributed by atoms with Crippen molar-refractivity contribution in [3.8, 4) is 0 Å². The van der Waals surface area contributed by atoms with Crippen LogP contribution in [0.25, 0.3) is 22.1 Å². The molecule has 0 atom stereocenters. The predicted molar refractivity (Wildman–Crippen MR) is 117 cm³/mol. The second-order valence-corrected chi connectivity index (χ2v) is 7.94. The quantitative estimate of drug-likeness (QED) is 0.555. The van der Waals surface area contributed by atoms with Crippen molar-refractivity contribution >= 4 is 33.8 Å². The van der Waals surface area contributed by atoms with E-state index in [0.717, 1.165) is 59.4 Å². The van der Waals surface area contributed by atoms with Crippen LogP contribution >= 0.6 is 0 Å². The maximum Gasteiger partial charge on any atom is 0.223 e. The van der Waals surface area contributed by atoms with E-state index in [9.17, 15) is 4.79 Å². The van der Waals surface area contributed by atoms with Crippen LogP contribution in [-0.2, 0) is 11.3 Å². The number of para-hydroxylation sites is 1. The van der Waals surface area contributed by atoms with Gasteiger partial charge in [0.2, 0.25) is 5.91 Å². The summed E-state index contributed by atoms with van der Waals surface area (Å²) in [5.41, 5.74) is 4.73. The average molecular weight is 400 g/mol. The Hall–Kier alpha value is -3.41. The largest absolute Gasteiger partial charge is 0.450 e. The maximum absolute atomic E-state index is 12.6. The van der Waals surface area contributed by atoms with Gasteiger partial charge in [0, 0.05) is 30.9 Å². The molecule has 0 aliphatic carbocycles. The molecule has 0 bridgehead atoms. The van der Waals surface area contributed by atoms with Gasteiger partial charge in [0.05, 0.1) is 0 Å². The van der Waals surface area contributed by atoms with Crippen LogP contribution in [0.5, 0.6) is 0 Å². The monoisotopic (exact) mass is 400 g/mol. The predicted octanol–water partition coefficient (Wildman–Crippen LogP) is 4.22. The summed E-state index contributed by atoms with van der Waals surface area (Å²) in [7, 11) is 0. The molecule has 1 amide bonds. The Bertz CT molecular complexity index is 1190. The van der Waals surface area contributed by atoms with E-state index >= 15 is 0 Å². The molecular weight excluding hydrogens is 376 g/mol. The van der Waals surface area contributed by atoms with E-state index in [0.29, 0.717) is 6.54 Å². The van der Waals surface area contributed by atoms with Crippen LogP contribution in [0.2, 0.25) is 0 Å². The van der Waals surface area contributed by atoms with Crippen molar-refractivity contribution in [3.63, 3.8) is 0 Å². The van der Waals surface area contributed by atoms with Crippen molar-refractivity contribution < 1.29 is 9.21 Å². The fourth-order valence-electron chi connectivity index (χ4n) is 4.13. The Balaban J connectivity index is 1.26. The lowest BCUT2D eigenvalue weighted by Crippen LogP contribution is -2.40. The molecule has 152 valence electrons. The van der Waals surface area contributed by atoms with Crippen LogP contribution in [-0.4, -0.2) is 29.0 Å². The number of anilines is 1. The minimum atomic E-state index is 0.0275. The molecule has 0 saturated carbocycles. The molecule has 6 heteroatoms. The number of aromatic nitrogens is 2. The number of fused-ring (bicyclic) bond motifs is 3. The highest BCUT2D eigenvalue weighted by atomic mass is 16.3. The zero-order valence-electron chi connectivity index (χ0n) is 17.0. The van der Waals surface area contributed by atoms with Gasteiger partial charge in [-0.05, 0) is 37.5 Å². The van der Waals surface area contributed by atoms with Crippen molar-refractivity contribution in [3.05, 3.63) is 66.0 Å². The molecular formula is C24H24N4O2. The first-order chi connectivity index (χ1) is 14.7. The molecule has 0 spiro atoms. The Morgan fingerprint density at radius 3 is 2.67 bits per heavy atom. The second kappa shape index (κ2) is 7.78. The number of furan rings is 1. The fraction of sp³-hybridized carbons (Fsp3) is 0.292. The van der Waals surface area contributed by atoms with Gasteiger partial charge in [0.15, 0.2) is 11.4 Å². The lowest BCUT2D eigenvalue weighted by atomic mass is 9.95. The van der Waals surface area contributed by atoms with E-state index in [4.69, 9.17) is 4.42 Å². The van der Waals surface area contributed by atoms with Gasteiger partial charge >= 0.3 is 0 Å². The molecule has 2 aromatic heterocycles. The Morgan fingerprint density at radius 1 is 1.10 bits per heavy atom. The molecule has 0 unspecified atom stereocenters. The lowest BCUT2D eigenvalue weighted by molar-refractivity contribution is -0.125. The third-order valence-electron chi connectivity index (χ3n) is 5.89. The summed E-state index contributed by atoms with van der Waals surface area (Å²) in [6.07, 6.45) is 3.19. The second-order valence-electron chi connectivity index (χ2n) is 7.94. The summed E-state index contributed by atoms with van der Waals surface area (Å²) < 4.78 is 6.06. The first-order valence-corrected chi connectivity index (χ1v) is 10.4. The highest BCUT2D eigenvalue weighted by molar-refractivity contribution is 6.05. The minimum absolute atomic E-state index is 0.0275. The average Bonchev–Trinajstić information content (AvgIpc) is 3.17. The fourth-order valence-corrected chi connectivity index (χ4v) is 4.13. The number of benzene rings is 2. The number of carbonyl (C=O) groups is 1. The molecule has 1 aliphatic rings. The number of hydrogen-bond acceptors (Lipinski definition) is 5. The van der Waals surface area contributed by atoms with Gasteiger partial charge in [-0.2, -0.15) is 0 Å². The number of hydrogen-bond donors (Lipinski definition) is 1. The number of rotatable bonds is 4. The van der Waals surface area contributed by atoms with Crippen molar-refractivity contribution in [2.75, 3.05) is 18.0 Å². The molecule has 1 fully saturated rings. The van der Waals surface area contributed by atoms with Crippen LogP contribution in [0.4, 0.5) is 5.82 Å². The van der Waals surface area contributed by atoms with Gasteiger partial charge in [-0.15, -0.1) is 0 Å². The summed E-state index contributed by atoms with van der Waals surface area (Å²) in [6, 6.07) is 16.2. The van der Waals surface area contributed by atoms with Gasteiger partial charge in [-0.1, -0.05) is 42.0 Å². The van der Waals surface area contributed by atoms with Gasteiger partial charge < -0.3 is 14.6 Å². The van der Waals surface area contributed by atoms with E-state index in [1.165, 1.54) is 5.56 Å². The smallest absolute Gasteiger partial charge is 0.223 e.